The maximum absolute atomic E-state index is 13.2. The molecule has 0 saturated heterocycles. The first-order chi connectivity index (χ1) is 15.9. The Morgan fingerprint density at radius 1 is 1.24 bits per heavy atom. The summed E-state index contributed by atoms with van der Waals surface area (Å²) in [6, 6.07) is 5.72. The third-order valence-electron chi connectivity index (χ3n) is 5.87. The number of hydrogen-bond donors (Lipinski definition) is 2. The topological polar surface area (TPSA) is 107 Å². The summed E-state index contributed by atoms with van der Waals surface area (Å²) in [5, 5.41) is 15.5. The molecule has 4 aromatic heterocycles. The highest BCUT2D eigenvalue weighted by Crippen LogP contribution is 2.35. The molecule has 0 aliphatic rings. The fraction of sp³-hybridized carbons (Fsp3) is 0.167. The Hall–Kier alpha value is -4.40. The van der Waals surface area contributed by atoms with Crippen LogP contribution in [0.5, 0.6) is 5.75 Å². The average molecular weight is 441 g/mol. The number of hydrogen-bond acceptors (Lipinski definition) is 5. The lowest BCUT2D eigenvalue weighted by atomic mass is 10.0. The Morgan fingerprint density at radius 3 is 2.76 bits per heavy atom. The van der Waals surface area contributed by atoms with Crippen LogP contribution in [0.15, 0.2) is 47.8 Å². The van der Waals surface area contributed by atoms with Crippen LogP contribution in [0.1, 0.15) is 6.92 Å². The van der Waals surface area contributed by atoms with Gasteiger partial charge in [-0.15, -0.1) is 0 Å². The summed E-state index contributed by atoms with van der Waals surface area (Å²) < 4.78 is 10.3. The number of ether oxygens (including phenoxy) is 1. The van der Waals surface area contributed by atoms with E-state index in [0.717, 1.165) is 27.1 Å². The van der Waals surface area contributed by atoms with Crippen molar-refractivity contribution >= 4 is 39.9 Å². The molecule has 9 nitrogen and oxygen atoms in total. The SMILES string of the molecule is C/C=c1/cc[nH]/c1=C/C(=N)n1c(=O)n(C)c2cnc3cc(OC)c(-c4cnn(C)c4)cc3c21. The van der Waals surface area contributed by atoms with E-state index in [1.54, 1.807) is 37.3 Å². The molecule has 33 heavy (non-hydrogen) atoms. The molecular formula is C24H23N7O2. The molecule has 9 heteroatoms. The molecule has 0 amide bonds. The standard InChI is InChI=1S/C24H23N7O2/c1-5-14-6-7-26-18(14)10-22(25)31-23-17-8-16(15-11-28-29(2)13-15)21(33-4)9-19(17)27-12-20(23)30(3)24(31)32/h5-13,25-26H,1-4H3/b14-5-,18-10+,25-22?. The maximum Gasteiger partial charge on any atom is 0.334 e. The number of fused-ring (bicyclic) bond motifs is 3. The summed E-state index contributed by atoms with van der Waals surface area (Å²) in [5.74, 6) is 0.714. The van der Waals surface area contributed by atoms with Gasteiger partial charge in [0.25, 0.3) is 0 Å². The Morgan fingerprint density at radius 2 is 2.06 bits per heavy atom. The number of imidazole rings is 1. The Balaban J connectivity index is 1.86. The first-order valence-corrected chi connectivity index (χ1v) is 10.4. The van der Waals surface area contributed by atoms with Gasteiger partial charge in [-0.3, -0.25) is 19.6 Å². The van der Waals surface area contributed by atoms with Gasteiger partial charge in [0, 0.05) is 60.5 Å². The van der Waals surface area contributed by atoms with Gasteiger partial charge in [0.1, 0.15) is 11.6 Å². The molecule has 5 rings (SSSR count). The summed E-state index contributed by atoms with van der Waals surface area (Å²) in [6.45, 7) is 1.93. The molecule has 1 aromatic carbocycles. The lowest BCUT2D eigenvalue weighted by Crippen LogP contribution is -2.30. The molecule has 2 N–H and O–H groups in total. The van der Waals surface area contributed by atoms with E-state index in [-0.39, 0.29) is 11.5 Å². The van der Waals surface area contributed by atoms with E-state index in [4.69, 9.17) is 10.1 Å². The van der Waals surface area contributed by atoms with Crippen molar-refractivity contribution in [1.82, 2.24) is 28.9 Å². The number of rotatable bonds is 3. The minimum Gasteiger partial charge on any atom is -0.496 e. The smallest absolute Gasteiger partial charge is 0.334 e. The van der Waals surface area contributed by atoms with Crippen LogP contribution in [0, 0.1) is 5.41 Å². The van der Waals surface area contributed by atoms with Crippen molar-refractivity contribution in [2.24, 2.45) is 14.1 Å². The lowest BCUT2D eigenvalue weighted by molar-refractivity contribution is 0.417. The van der Waals surface area contributed by atoms with Crippen LogP contribution in [-0.2, 0) is 14.1 Å². The highest BCUT2D eigenvalue weighted by molar-refractivity contribution is 6.15. The number of H-pyrrole nitrogens is 1. The van der Waals surface area contributed by atoms with E-state index in [9.17, 15) is 4.79 Å². The van der Waals surface area contributed by atoms with Crippen LogP contribution in [-0.4, -0.2) is 41.8 Å². The Bertz CT molecular complexity index is 1730. The van der Waals surface area contributed by atoms with Gasteiger partial charge in [-0.05, 0) is 24.3 Å². The maximum atomic E-state index is 13.2. The highest BCUT2D eigenvalue weighted by atomic mass is 16.5. The number of nitrogens with one attached hydrogen (secondary N) is 2. The van der Waals surface area contributed by atoms with Crippen LogP contribution in [0.25, 0.3) is 45.2 Å². The van der Waals surface area contributed by atoms with E-state index >= 15 is 0 Å². The van der Waals surface area contributed by atoms with E-state index in [1.165, 1.54) is 9.13 Å². The third kappa shape index (κ3) is 3.16. The predicted octanol–water partition coefficient (Wildman–Crippen LogP) is 1.73. The molecular weight excluding hydrogens is 418 g/mol. The van der Waals surface area contributed by atoms with Gasteiger partial charge in [0.15, 0.2) is 0 Å². The molecule has 166 valence electrons. The quantitative estimate of drug-likeness (QED) is 0.328. The van der Waals surface area contributed by atoms with Gasteiger partial charge >= 0.3 is 5.69 Å². The van der Waals surface area contributed by atoms with E-state index < -0.39 is 0 Å². The zero-order valence-corrected chi connectivity index (χ0v) is 18.7. The van der Waals surface area contributed by atoms with Crippen molar-refractivity contribution in [2.45, 2.75) is 6.92 Å². The minimum atomic E-state index is -0.312. The average Bonchev–Trinajstić information content (AvgIpc) is 3.51. The van der Waals surface area contributed by atoms with Crippen LogP contribution in [0.4, 0.5) is 0 Å². The van der Waals surface area contributed by atoms with Gasteiger partial charge in [-0.25, -0.2) is 9.36 Å². The summed E-state index contributed by atoms with van der Waals surface area (Å²) in [4.78, 5) is 20.9. The number of aryl methyl sites for hydroxylation is 2. The Labute approximate surface area is 188 Å². The lowest BCUT2D eigenvalue weighted by Gasteiger charge is -2.10. The van der Waals surface area contributed by atoms with Crippen molar-refractivity contribution in [3.63, 3.8) is 0 Å². The normalized spacial score (nSPS) is 12.8. The molecule has 5 aromatic rings. The number of benzene rings is 1. The molecule has 0 radical (unpaired) electrons. The van der Waals surface area contributed by atoms with Gasteiger partial charge in [0.2, 0.25) is 0 Å². The van der Waals surface area contributed by atoms with E-state index in [1.807, 2.05) is 50.6 Å². The highest BCUT2D eigenvalue weighted by Gasteiger charge is 2.19. The van der Waals surface area contributed by atoms with Gasteiger partial charge in [-0.2, -0.15) is 5.10 Å². The van der Waals surface area contributed by atoms with Gasteiger partial charge < -0.3 is 9.72 Å². The fourth-order valence-electron chi connectivity index (χ4n) is 4.18. The molecule has 0 atom stereocenters. The molecule has 0 unspecified atom stereocenters. The second-order valence-electron chi connectivity index (χ2n) is 7.81. The summed E-state index contributed by atoms with van der Waals surface area (Å²) >= 11 is 0. The van der Waals surface area contributed by atoms with Gasteiger partial charge in [0.05, 0.1) is 36.1 Å². The predicted molar refractivity (Wildman–Crippen MR) is 129 cm³/mol. The van der Waals surface area contributed by atoms with Crippen LogP contribution >= 0.6 is 0 Å². The number of aromatic nitrogens is 6. The van der Waals surface area contributed by atoms with Crippen LogP contribution in [0.2, 0.25) is 0 Å². The van der Waals surface area contributed by atoms with E-state index in [0.29, 0.717) is 22.3 Å². The number of aromatic amines is 1. The molecule has 0 spiro atoms. The van der Waals surface area contributed by atoms with Crippen molar-refractivity contribution in [3.8, 4) is 16.9 Å². The van der Waals surface area contributed by atoms with Crippen molar-refractivity contribution in [3.05, 3.63) is 64.0 Å². The van der Waals surface area contributed by atoms with E-state index in [2.05, 4.69) is 15.1 Å². The van der Waals surface area contributed by atoms with Crippen molar-refractivity contribution in [1.29, 1.82) is 5.41 Å². The number of methoxy groups -OCH3 is 1. The number of pyridine rings is 1. The molecule has 0 aliphatic heterocycles. The zero-order valence-electron chi connectivity index (χ0n) is 18.7. The molecule has 0 saturated carbocycles. The van der Waals surface area contributed by atoms with Crippen molar-refractivity contribution in [2.75, 3.05) is 7.11 Å². The zero-order chi connectivity index (χ0) is 23.3. The summed E-state index contributed by atoms with van der Waals surface area (Å²) in [5.41, 5.74) is 3.33. The number of nitrogens with zero attached hydrogens (tertiary/aromatic N) is 5. The second-order valence-corrected chi connectivity index (χ2v) is 7.81. The van der Waals surface area contributed by atoms with Crippen LogP contribution < -0.4 is 21.0 Å². The second kappa shape index (κ2) is 7.63. The Kier molecular flexibility index (Phi) is 4.74. The third-order valence-corrected chi connectivity index (χ3v) is 5.87. The summed E-state index contributed by atoms with van der Waals surface area (Å²) in [7, 11) is 5.15. The van der Waals surface area contributed by atoms with Crippen LogP contribution in [0.3, 0.4) is 0 Å². The first kappa shape index (κ1) is 20.5. The summed E-state index contributed by atoms with van der Waals surface area (Å²) in [6.07, 6.45) is 10.7. The first-order valence-electron chi connectivity index (χ1n) is 10.4. The van der Waals surface area contributed by atoms with Gasteiger partial charge in [-0.1, -0.05) is 6.08 Å². The molecule has 0 aliphatic carbocycles. The largest absolute Gasteiger partial charge is 0.496 e. The minimum absolute atomic E-state index is 0.0578. The molecule has 4 heterocycles. The fourth-order valence-corrected chi connectivity index (χ4v) is 4.18. The molecule has 0 bridgehead atoms. The van der Waals surface area contributed by atoms with Crippen molar-refractivity contribution < 1.29 is 4.74 Å². The monoisotopic (exact) mass is 441 g/mol. The molecule has 0 fully saturated rings.